The maximum absolute atomic E-state index is 12.0. The number of carbonyl (C=O) groups is 1. The molecule has 1 amide bonds. The van der Waals surface area contributed by atoms with Crippen LogP contribution in [0.3, 0.4) is 0 Å². The van der Waals surface area contributed by atoms with Crippen molar-refractivity contribution in [3.05, 3.63) is 58.9 Å². The number of aromatic nitrogens is 1. The first-order valence-corrected chi connectivity index (χ1v) is 8.63. The van der Waals surface area contributed by atoms with Crippen LogP contribution in [0.1, 0.15) is 9.67 Å². The number of pyridine rings is 1. The summed E-state index contributed by atoms with van der Waals surface area (Å²) < 4.78 is 11.1. The van der Waals surface area contributed by atoms with E-state index in [-0.39, 0.29) is 5.91 Å². The van der Waals surface area contributed by atoms with Gasteiger partial charge in [0.2, 0.25) is 0 Å². The first-order chi connectivity index (χ1) is 12.3. The average Bonchev–Trinajstić information content (AvgIpc) is 3.18. The first-order valence-electron chi connectivity index (χ1n) is 7.75. The topological polar surface area (TPSA) is 72.5 Å². The maximum Gasteiger partial charge on any atom is 0.265 e. The lowest BCUT2D eigenvalue weighted by Gasteiger charge is -2.19. The summed E-state index contributed by atoms with van der Waals surface area (Å²) >= 11 is 1.40. The largest absolute Gasteiger partial charge is 0.486 e. The van der Waals surface area contributed by atoms with E-state index < -0.39 is 0 Å². The summed E-state index contributed by atoms with van der Waals surface area (Å²) in [6, 6.07) is 12.9. The summed E-state index contributed by atoms with van der Waals surface area (Å²) in [7, 11) is 0. The van der Waals surface area contributed by atoms with Gasteiger partial charge >= 0.3 is 0 Å². The van der Waals surface area contributed by atoms with Gasteiger partial charge in [-0.05, 0) is 35.7 Å². The Kier molecular flexibility index (Phi) is 4.22. The molecule has 1 aliphatic rings. The highest BCUT2D eigenvalue weighted by Gasteiger charge is 2.12. The Balaban J connectivity index is 1.43. The van der Waals surface area contributed by atoms with Crippen LogP contribution in [0.2, 0.25) is 0 Å². The van der Waals surface area contributed by atoms with E-state index in [9.17, 15) is 4.79 Å². The highest BCUT2D eigenvalue weighted by molar-refractivity contribution is 7.12. The van der Waals surface area contributed by atoms with Crippen LogP contribution in [0, 0.1) is 0 Å². The third-order valence-electron chi connectivity index (χ3n) is 3.58. The predicted molar refractivity (Wildman–Crippen MR) is 97.2 cm³/mol. The zero-order valence-corrected chi connectivity index (χ0v) is 14.0. The SMILES string of the molecule is O=C(Nc1ccc(Nc2ccc3c(c2)OCCO3)nc1)c1cccs1. The number of fused-ring (bicyclic) bond motifs is 1. The Morgan fingerprint density at radius 2 is 1.88 bits per heavy atom. The van der Waals surface area contributed by atoms with Crippen LogP contribution in [0.5, 0.6) is 11.5 Å². The van der Waals surface area contributed by atoms with Crippen molar-refractivity contribution in [2.24, 2.45) is 0 Å². The molecule has 4 rings (SSSR count). The van der Waals surface area contributed by atoms with E-state index in [1.807, 2.05) is 29.6 Å². The van der Waals surface area contributed by atoms with Gasteiger partial charge in [0.15, 0.2) is 11.5 Å². The van der Waals surface area contributed by atoms with Crippen LogP contribution in [0.4, 0.5) is 17.2 Å². The van der Waals surface area contributed by atoms with E-state index in [0.29, 0.717) is 29.6 Å². The van der Waals surface area contributed by atoms with Gasteiger partial charge in [0, 0.05) is 11.8 Å². The van der Waals surface area contributed by atoms with Crippen LogP contribution >= 0.6 is 11.3 Å². The van der Waals surface area contributed by atoms with Crippen molar-refractivity contribution < 1.29 is 14.3 Å². The molecule has 2 N–H and O–H groups in total. The number of hydrogen-bond donors (Lipinski definition) is 2. The molecule has 1 aromatic carbocycles. The summed E-state index contributed by atoms with van der Waals surface area (Å²) in [6.07, 6.45) is 1.62. The van der Waals surface area contributed by atoms with Gasteiger partial charge in [0.25, 0.3) is 5.91 Å². The fraction of sp³-hybridized carbons (Fsp3) is 0.111. The normalized spacial score (nSPS) is 12.5. The summed E-state index contributed by atoms with van der Waals surface area (Å²) in [5.74, 6) is 2.00. The number of thiophene rings is 1. The van der Waals surface area contributed by atoms with Crippen molar-refractivity contribution in [3.8, 4) is 11.5 Å². The molecule has 0 spiro atoms. The molecule has 3 aromatic rings. The van der Waals surface area contributed by atoms with Gasteiger partial charge in [-0.1, -0.05) is 6.07 Å². The quantitative estimate of drug-likeness (QED) is 0.744. The van der Waals surface area contributed by atoms with Gasteiger partial charge in [0.05, 0.1) is 16.8 Å². The van der Waals surface area contributed by atoms with Crippen molar-refractivity contribution in [2.75, 3.05) is 23.8 Å². The maximum atomic E-state index is 12.0. The highest BCUT2D eigenvalue weighted by Crippen LogP contribution is 2.33. The van der Waals surface area contributed by atoms with E-state index in [0.717, 1.165) is 17.2 Å². The molecular formula is C18H15N3O3S. The number of carbonyl (C=O) groups excluding carboxylic acids is 1. The van der Waals surface area contributed by atoms with Crippen LogP contribution in [-0.4, -0.2) is 24.1 Å². The van der Waals surface area contributed by atoms with E-state index >= 15 is 0 Å². The molecule has 3 heterocycles. The molecule has 0 fully saturated rings. The number of ether oxygens (including phenoxy) is 2. The Labute approximate surface area is 148 Å². The molecule has 0 atom stereocenters. The summed E-state index contributed by atoms with van der Waals surface area (Å²) in [5.41, 5.74) is 1.50. The molecular weight excluding hydrogens is 338 g/mol. The second-order valence-electron chi connectivity index (χ2n) is 5.35. The van der Waals surface area contributed by atoms with Crippen LogP contribution in [0.15, 0.2) is 54.0 Å². The minimum Gasteiger partial charge on any atom is -0.486 e. The lowest BCUT2D eigenvalue weighted by atomic mass is 10.2. The molecule has 0 unspecified atom stereocenters. The van der Waals surface area contributed by atoms with Gasteiger partial charge in [-0.25, -0.2) is 4.98 Å². The van der Waals surface area contributed by atoms with Gasteiger partial charge in [-0.3, -0.25) is 4.79 Å². The number of anilines is 3. The zero-order chi connectivity index (χ0) is 17.1. The van der Waals surface area contributed by atoms with Crippen LogP contribution in [-0.2, 0) is 0 Å². The standard InChI is InChI=1S/C18H15N3O3S/c22-18(16-2-1-9-25-16)21-13-4-6-17(19-11-13)20-12-3-5-14-15(10-12)24-8-7-23-14/h1-6,9-11H,7-8H2,(H,19,20)(H,21,22). The Hall–Kier alpha value is -3.06. The van der Waals surface area contributed by atoms with Crippen LogP contribution < -0.4 is 20.1 Å². The Morgan fingerprint density at radius 1 is 1.04 bits per heavy atom. The molecule has 2 aromatic heterocycles. The lowest BCUT2D eigenvalue weighted by molar-refractivity contribution is 0.103. The smallest absolute Gasteiger partial charge is 0.265 e. The van der Waals surface area contributed by atoms with Crippen molar-refractivity contribution in [1.82, 2.24) is 4.98 Å². The van der Waals surface area contributed by atoms with Gasteiger partial charge in [0.1, 0.15) is 19.0 Å². The van der Waals surface area contributed by atoms with E-state index in [1.165, 1.54) is 11.3 Å². The monoisotopic (exact) mass is 353 g/mol. The second kappa shape index (κ2) is 6.82. The number of nitrogens with zero attached hydrogens (tertiary/aromatic N) is 1. The summed E-state index contributed by atoms with van der Waals surface area (Å²) in [6.45, 7) is 1.12. The van der Waals surface area contributed by atoms with Crippen molar-refractivity contribution in [1.29, 1.82) is 0 Å². The molecule has 0 saturated heterocycles. The fourth-order valence-electron chi connectivity index (χ4n) is 2.41. The molecule has 6 nitrogen and oxygen atoms in total. The molecule has 7 heteroatoms. The van der Waals surface area contributed by atoms with Crippen molar-refractivity contribution in [3.63, 3.8) is 0 Å². The van der Waals surface area contributed by atoms with Gasteiger partial charge < -0.3 is 20.1 Å². The molecule has 1 aliphatic heterocycles. The number of rotatable bonds is 4. The number of hydrogen-bond acceptors (Lipinski definition) is 6. The fourth-order valence-corrected chi connectivity index (χ4v) is 3.03. The van der Waals surface area contributed by atoms with E-state index in [1.54, 1.807) is 24.4 Å². The minimum atomic E-state index is -0.135. The summed E-state index contributed by atoms with van der Waals surface area (Å²) in [5, 5.41) is 7.89. The van der Waals surface area contributed by atoms with E-state index in [4.69, 9.17) is 9.47 Å². The highest BCUT2D eigenvalue weighted by atomic mass is 32.1. The number of nitrogens with one attached hydrogen (secondary N) is 2. The third-order valence-corrected chi connectivity index (χ3v) is 4.45. The molecule has 0 saturated carbocycles. The second-order valence-corrected chi connectivity index (χ2v) is 6.29. The predicted octanol–water partition coefficient (Wildman–Crippen LogP) is 3.91. The first kappa shape index (κ1) is 15.5. The van der Waals surface area contributed by atoms with Gasteiger partial charge in [-0.15, -0.1) is 11.3 Å². The number of benzene rings is 1. The average molecular weight is 353 g/mol. The zero-order valence-electron chi connectivity index (χ0n) is 13.2. The Morgan fingerprint density at radius 3 is 2.64 bits per heavy atom. The van der Waals surface area contributed by atoms with Gasteiger partial charge in [-0.2, -0.15) is 0 Å². The molecule has 0 bridgehead atoms. The number of amides is 1. The third kappa shape index (κ3) is 3.56. The van der Waals surface area contributed by atoms with E-state index in [2.05, 4.69) is 15.6 Å². The molecule has 126 valence electrons. The molecule has 0 aliphatic carbocycles. The summed E-state index contributed by atoms with van der Waals surface area (Å²) in [4.78, 5) is 17.0. The van der Waals surface area contributed by atoms with Crippen molar-refractivity contribution >= 4 is 34.4 Å². The molecule has 0 radical (unpaired) electrons. The van der Waals surface area contributed by atoms with Crippen molar-refractivity contribution in [2.45, 2.75) is 0 Å². The molecule has 25 heavy (non-hydrogen) atoms. The minimum absolute atomic E-state index is 0.135. The Bertz CT molecular complexity index is 879. The lowest BCUT2D eigenvalue weighted by Crippen LogP contribution is -2.15. The van der Waals surface area contributed by atoms with Crippen LogP contribution in [0.25, 0.3) is 0 Å².